The normalized spacial score (nSPS) is 13.9. The molecule has 1 aliphatic heterocycles. The van der Waals surface area contributed by atoms with E-state index in [-0.39, 0.29) is 0 Å². The molecule has 0 bridgehead atoms. The lowest BCUT2D eigenvalue weighted by Gasteiger charge is -2.15. The van der Waals surface area contributed by atoms with Crippen LogP contribution in [-0.2, 0) is 0 Å². The van der Waals surface area contributed by atoms with Crippen LogP contribution in [0.2, 0.25) is 0 Å². The van der Waals surface area contributed by atoms with E-state index in [1.807, 2.05) is 42.5 Å². The Labute approximate surface area is 105 Å². The van der Waals surface area contributed by atoms with Gasteiger partial charge in [0.15, 0.2) is 0 Å². The molecule has 2 aromatic rings. The first-order valence-corrected chi connectivity index (χ1v) is 5.78. The average molecular weight is 236 g/mol. The molecule has 0 radical (unpaired) electrons. The van der Waals surface area contributed by atoms with E-state index >= 15 is 0 Å². The zero-order valence-corrected chi connectivity index (χ0v) is 9.78. The van der Waals surface area contributed by atoms with E-state index in [0.29, 0.717) is 6.61 Å². The molecule has 1 aliphatic rings. The number of ether oxygens (including phenoxy) is 1. The van der Waals surface area contributed by atoms with Crippen LogP contribution in [0.3, 0.4) is 0 Å². The van der Waals surface area contributed by atoms with Gasteiger partial charge in [0.05, 0.1) is 5.69 Å². The van der Waals surface area contributed by atoms with E-state index in [4.69, 9.17) is 4.74 Å². The van der Waals surface area contributed by atoms with Gasteiger partial charge in [-0.3, -0.25) is 0 Å². The molecule has 3 rings (SSSR count). The molecule has 1 aromatic carbocycles. The molecule has 3 nitrogen and oxygen atoms in total. The minimum Gasteiger partial charge on any atom is -0.488 e. The molecule has 18 heavy (non-hydrogen) atoms. The summed E-state index contributed by atoms with van der Waals surface area (Å²) in [5.74, 6) is 0.941. The SMILES string of the molecule is C(=Cc1ccncn1)C1=Cc2ccccc2OC1. The largest absolute Gasteiger partial charge is 0.488 e. The molecule has 0 spiro atoms. The summed E-state index contributed by atoms with van der Waals surface area (Å²) < 4.78 is 5.67. The van der Waals surface area contributed by atoms with E-state index < -0.39 is 0 Å². The van der Waals surface area contributed by atoms with Crippen LogP contribution in [0.1, 0.15) is 11.3 Å². The second-order valence-corrected chi connectivity index (χ2v) is 4.01. The van der Waals surface area contributed by atoms with E-state index in [2.05, 4.69) is 16.0 Å². The van der Waals surface area contributed by atoms with Gasteiger partial charge in [-0.1, -0.05) is 24.3 Å². The number of hydrogen-bond acceptors (Lipinski definition) is 3. The number of para-hydroxylation sites is 1. The second kappa shape index (κ2) is 4.84. The van der Waals surface area contributed by atoms with Gasteiger partial charge >= 0.3 is 0 Å². The molecule has 0 unspecified atom stereocenters. The number of rotatable bonds is 2. The molecule has 0 aliphatic carbocycles. The maximum atomic E-state index is 5.67. The minimum absolute atomic E-state index is 0.596. The van der Waals surface area contributed by atoms with Gasteiger partial charge in [-0.15, -0.1) is 0 Å². The Kier molecular flexibility index (Phi) is 2.88. The summed E-state index contributed by atoms with van der Waals surface area (Å²) in [4.78, 5) is 8.03. The van der Waals surface area contributed by atoms with Crippen molar-refractivity contribution in [2.75, 3.05) is 6.61 Å². The third-order valence-electron chi connectivity index (χ3n) is 2.73. The smallest absolute Gasteiger partial charge is 0.127 e. The fraction of sp³-hybridized carbons (Fsp3) is 0.0667. The first-order chi connectivity index (χ1) is 8.92. The third kappa shape index (κ3) is 2.30. The van der Waals surface area contributed by atoms with Crippen LogP contribution in [0.5, 0.6) is 5.75 Å². The Morgan fingerprint density at radius 1 is 1.11 bits per heavy atom. The van der Waals surface area contributed by atoms with Crippen molar-refractivity contribution in [2.24, 2.45) is 0 Å². The molecule has 0 saturated heterocycles. The van der Waals surface area contributed by atoms with Crippen molar-refractivity contribution in [1.82, 2.24) is 9.97 Å². The maximum absolute atomic E-state index is 5.67. The van der Waals surface area contributed by atoms with E-state index in [1.165, 1.54) is 0 Å². The number of benzene rings is 1. The zero-order valence-electron chi connectivity index (χ0n) is 9.78. The maximum Gasteiger partial charge on any atom is 0.127 e. The molecule has 88 valence electrons. The topological polar surface area (TPSA) is 35.0 Å². The molecule has 0 amide bonds. The lowest BCUT2D eigenvalue weighted by molar-refractivity contribution is 0.351. The van der Waals surface area contributed by atoms with Gasteiger partial charge in [-0.25, -0.2) is 9.97 Å². The Balaban J connectivity index is 1.83. The molecular weight excluding hydrogens is 224 g/mol. The quantitative estimate of drug-likeness (QED) is 0.804. The van der Waals surface area contributed by atoms with Crippen LogP contribution >= 0.6 is 0 Å². The number of hydrogen-bond donors (Lipinski definition) is 0. The number of nitrogens with zero attached hydrogens (tertiary/aromatic N) is 2. The highest BCUT2D eigenvalue weighted by atomic mass is 16.5. The predicted octanol–water partition coefficient (Wildman–Crippen LogP) is 2.97. The highest BCUT2D eigenvalue weighted by Crippen LogP contribution is 2.26. The van der Waals surface area contributed by atoms with Crippen molar-refractivity contribution in [3.05, 3.63) is 65.8 Å². The van der Waals surface area contributed by atoms with Gasteiger partial charge in [0, 0.05) is 11.8 Å². The monoisotopic (exact) mass is 236 g/mol. The minimum atomic E-state index is 0.596. The van der Waals surface area contributed by atoms with Crippen LogP contribution in [0.25, 0.3) is 12.2 Å². The second-order valence-electron chi connectivity index (χ2n) is 4.01. The first kappa shape index (κ1) is 10.7. The summed E-state index contributed by atoms with van der Waals surface area (Å²) in [5, 5.41) is 0. The van der Waals surface area contributed by atoms with Gasteiger partial charge < -0.3 is 4.74 Å². The standard InChI is InChI=1S/C15H12N2O/c1-2-4-15-13(3-1)9-12(10-18-15)5-6-14-7-8-16-11-17-14/h1-9,11H,10H2. The van der Waals surface area contributed by atoms with Crippen LogP contribution in [0.4, 0.5) is 0 Å². The van der Waals surface area contributed by atoms with Crippen molar-refractivity contribution < 1.29 is 4.74 Å². The molecule has 0 atom stereocenters. The summed E-state index contributed by atoms with van der Waals surface area (Å²) in [6.07, 6.45) is 9.40. The highest BCUT2D eigenvalue weighted by molar-refractivity contribution is 5.66. The predicted molar refractivity (Wildman–Crippen MR) is 71.0 cm³/mol. The average Bonchev–Trinajstić information content (AvgIpc) is 2.46. The number of aromatic nitrogens is 2. The Morgan fingerprint density at radius 3 is 2.94 bits per heavy atom. The van der Waals surface area contributed by atoms with Crippen molar-refractivity contribution in [1.29, 1.82) is 0 Å². The lowest BCUT2D eigenvalue weighted by atomic mass is 10.1. The Morgan fingerprint density at radius 2 is 2.06 bits per heavy atom. The summed E-state index contributed by atoms with van der Waals surface area (Å²) >= 11 is 0. The van der Waals surface area contributed by atoms with Gasteiger partial charge in [-0.2, -0.15) is 0 Å². The van der Waals surface area contributed by atoms with Crippen molar-refractivity contribution in [2.45, 2.75) is 0 Å². The molecule has 0 saturated carbocycles. The van der Waals surface area contributed by atoms with Crippen molar-refractivity contribution in [3.63, 3.8) is 0 Å². The van der Waals surface area contributed by atoms with Gasteiger partial charge in [-0.05, 0) is 29.9 Å². The van der Waals surface area contributed by atoms with Crippen LogP contribution in [0, 0.1) is 0 Å². The summed E-state index contributed by atoms with van der Waals surface area (Å²) in [6, 6.07) is 9.89. The summed E-state index contributed by atoms with van der Waals surface area (Å²) in [7, 11) is 0. The Bertz CT molecular complexity index is 603. The third-order valence-corrected chi connectivity index (χ3v) is 2.73. The van der Waals surface area contributed by atoms with Gasteiger partial charge in [0.25, 0.3) is 0 Å². The van der Waals surface area contributed by atoms with E-state index in [1.54, 1.807) is 12.5 Å². The molecule has 0 N–H and O–H groups in total. The molecular formula is C15H12N2O. The molecule has 3 heteroatoms. The summed E-state index contributed by atoms with van der Waals surface area (Å²) in [6.45, 7) is 0.596. The lowest BCUT2D eigenvalue weighted by Crippen LogP contribution is -2.05. The van der Waals surface area contributed by atoms with Gasteiger partial charge in [0.2, 0.25) is 0 Å². The Hall–Kier alpha value is -2.42. The molecule has 2 heterocycles. The van der Waals surface area contributed by atoms with E-state index in [9.17, 15) is 0 Å². The first-order valence-electron chi connectivity index (χ1n) is 5.78. The van der Waals surface area contributed by atoms with Crippen molar-refractivity contribution in [3.8, 4) is 5.75 Å². The van der Waals surface area contributed by atoms with E-state index in [0.717, 1.165) is 22.6 Å². The molecule has 0 fully saturated rings. The number of fused-ring (bicyclic) bond motifs is 1. The molecule has 1 aromatic heterocycles. The fourth-order valence-corrected chi connectivity index (χ4v) is 1.82. The summed E-state index contributed by atoms with van der Waals surface area (Å²) in [5.41, 5.74) is 3.14. The highest BCUT2D eigenvalue weighted by Gasteiger charge is 2.07. The van der Waals surface area contributed by atoms with Crippen LogP contribution in [0.15, 0.2) is 54.5 Å². The van der Waals surface area contributed by atoms with Crippen LogP contribution < -0.4 is 4.74 Å². The fourth-order valence-electron chi connectivity index (χ4n) is 1.82. The van der Waals surface area contributed by atoms with Crippen molar-refractivity contribution >= 4 is 12.2 Å². The van der Waals surface area contributed by atoms with Gasteiger partial charge in [0.1, 0.15) is 18.7 Å². The van der Waals surface area contributed by atoms with Crippen LogP contribution in [-0.4, -0.2) is 16.6 Å². The zero-order chi connectivity index (χ0) is 12.2.